The fourth-order valence-electron chi connectivity index (χ4n) is 5.40. The van der Waals surface area contributed by atoms with E-state index in [9.17, 15) is 9.90 Å². The molecular formula is C25H34ClN7O4. The van der Waals surface area contributed by atoms with Crippen LogP contribution in [0.5, 0.6) is 11.9 Å². The molecule has 2 aromatic rings. The van der Waals surface area contributed by atoms with Crippen molar-refractivity contribution in [3.63, 3.8) is 0 Å². The van der Waals surface area contributed by atoms with Crippen LogP contribution < -0.4 is 14.4 Å². The van der Waals surface area contributed by atoms with Crippen molar-refractivity contribution >= 4 is 23.5 Å². The van der Waals surface area contributed by atoms with Gasteiger partial charge in [0.15, 0.2) is 0 Å². The second-order valence-corrected chi connectivity index (χ2v) is 10.4. The number of amides is 1. The second kappa shape index (κ2) is 10.8. The van der Waals surface area contributed by atoms with Crippen molar-refractivity contribution in [2.24, 2.45) is 0 Å². The van der Waals surface area contributed by atoms with Gasteiger partial charge in [0.2, 0.25) is 5.88 Å². The number of rotatable bonds is 7. The number of likely N-dealkylation sites (tertiary alicyclic amines) is 1. The fourth-order valence-corrected chi connectivity index (χ4v) is 5.57. The summed E-state index contributed by atoms with van der Waals surface area (Å²) in [5.41, 5.74) is 2.71. The van der Waals surface area contributed by atoms with E-state index >= 15 is 0 Å². The molecule has 0 saturated carbocycles. The number of methoxy groups -OCH3 is 1. The quantitative estimate of drug-likeness (QED) is 0.573. The normalized spacial score (nSPS) is 22.4. The molecule has 12 heteroatoms. The van der Waals surface area contributed by atoms with Crippen LogP contribution >= 0.6 is 11.6 Å². The predicted molar refractivity (Wildman–Crippen MR) is 138 cm³/mol. The predicted octanol–water partition coefficient (Wildman–Crippen LogP) is 2.71. The van der Waals surface area contributed by atoms with E-state index in [1.165, 1.54) is 11.3 Å². The highest BCUT2D eigenvalue weighted by atomic mass is 35.5. The molecule has 5 rings (SSSR count). The van der Waals surface area contributed by atoms with Crippen LogP contribution in [0.3, 0.4) is 0 Å². The molecule has 0 bridgehead atoms. The van der Waals surface area contributed by atoms with Gasteiger partial charge in [0.1, 0.15) is 12.4 Å². The Morgan fingerprint density at radius 2 is 2.03 bits per heavy atom. The molecule has 0 aliphatic carbocycles. The van der Waals surface area contributed by atoms with Gasteiger partial charge < -0.3 is 29.3 Å². The number of anilines is 1. The van der Waals surface area contributed by atoms with Gasteiger partial charge in [-0.05, 0) is 39.4 Å². The van der Waals surface area contributed by atoms with Crippen molar-refractivity contribution in [3.05, 3.63) is 34.1 Å². The highest BCUT2D eigenvalue weighted by Gasteiger charge is 2.34. The van der Waals surface area contributed by atoms with Crippen LogP contribution in [0.1, 0.15) is 36.7 Å². The van der Waals surface area contributed by atoms with Crippen LogP contribution in [-0.2, 0) is 19.6 Å². The minimum Gasteiger partial charge on any atom is -0.481 e. The number of carbonyl (C=O) groups is 1. The molecule has 11 nitrogen and oxygen atoms in total. The third-order valence-corrected chi connectivity index (χ3v) is 7.87. The Morgan fingerprint density at radius 1 is 1.19 bits per heavy atom. The smallest absolute Gasteiger partial charge is 0.407 e. The average Bonchev–Trinajstić information content (AvgIpc) is 3.48. The second-order valence-electron chi connectivity index (χ2n) is 10.0. The van der Waals surface area contributed by atoms with Crippen LogP contribution in [0.4, 0.5) is 10.6 Å². The lowest BCUT2D eigenvalue weighted by molar-refractivity contribution is 0.136. The minimum atomic E-state index is -0.891. The monoisotopic (exact) mass is 531 g/mol. The molecule has 1 N–H and O–H groups in total. The first-order valence-electron chi connectivity index (χ1n) is 12.7. The molecule has 1 amide bonds. The van der Waals surface area contributed by atoms with Crippen molar-refractivity contribution < 1.29 is 19.4 Å². The van der Waals surface area contributed by atoms with E-state index in [4.69, 9.17) is 31.0 Å². The number of hydrogen-bond acceptors (Lipinski definition) is 9. The maximum Gasteiger partial charge on any atom is 0.407 e. The van der Waals surface area contributed by atoms with E-state index in [0.29, 0.717) is 68.8 Å². The lowest BCUT2D eigenvalue weighted by atomic mass is 10.1. The molecule has 2 atom stereocenters. The van der Waals surface area contributed by atoms with E-state index in [1.807, 2.05) is 6.92 Å². The van der Waals surface area contributed by atoms with Crippen molar-refractivity contribution in [1.29, 1.82) is 0 Å². The van der Waals surface area contributed by atoms with Gasteiger partial charge in [-0.3, -0.25) is 4.90 Å². The Labute approximate surface area is 221 Å². The third-order valence-electron chi connectivity index (χ3n) is 7.53. The maximum atomic E-state index is 11.5. The number of fused-ring (bicyclic) bond motifs is 1. The minimum absolute atomic E-state index is 0.0267. The van der Waals surface area contributed by atoms with Gasteiger partial charge in [-0.15, -0.1) is 0 Å². The van der Waals surface area contributed by atoms with E-state index in [-0.39, 0.29) is 6.04 Å². The summed E-state index contributed by atoms with van der Waals surface area (Å²) in [5.74, 6) is 1.35. The number of hydrogen-bond donors (Lipinski definition) is 1. The van der Waals surface area contributed by atoms with Crippen molar-refractivity contribution in [1.82, 2.24) is 29.7 Å². The summed E-state index contributed by atoms with van der Waals surface area (Å²) >= 11 is 6.44. The Kier molecular flexibility index (Phi) is 7.55. The summed E-state index contributed by atoms with van der Waals surface area (Å²) in [6, 6.07) is 4.25. The van der Waals surface area contributed by atoms with E-state index in [0.717, 1.165) is 35.7 Å². The first-order chi connectivity index (χ1) is 17.8. The van der Waals surface area contributed by atoms with E-state index in [1.54, 1.807) is 19.2 Å². The van der Waals surface area contributed by atoms with Gasteiger partial charge in [-0.25, -0.2) is 9.78 Å². The van der Waals surface area contributed by atoms with Crippen LogP contribution in [0.25, 0.3) is 0 Å². The molecule has 2 fully saturated rings. The van der Waals surface area contributed by atoms with Crippen LogP contribution in [0, 0.1) is 0 Å². The molecule has 0 spiro atoms. The largest absolute Gasteiger partial charge is 0.481 e. The Bertz CT molecular complexity index is 1150. The number of pyridine rings is 1. The summed E-state index contributed by atoms with van der Waals surface area (Å²) in [5, 5.41) is 10.1. The number of nitrogens with zero attached hydrogens (tertiary/aromatic N) is 7. The first kappa shape index (κ1) is 25.7. The molecule has 3 aliphatic rings. The van der Waals surface area contributed by atoms with Gasteiger partial charge >= 0.3 is 12.1 Å². The molecule has 0 radical (unpaired) electrons. The molecule has 5 heterocycles. The van der Waals surface area contributed by atoms with Gasteiger partial charge in [-0.2, -0.15) is 9.97 Å². The number of piperazine rings is 1. The number of aromatic nitrogens is 3. The summed E-state index contributed by atoms with van der Waals surface area (Å²) in [7, 11) is 3.71. The molecule has 2 saturated heterocycles. The lowest BCUT2D eigenvalue weighted by Gasteiger charge is -2.40. The van der Waals surface area contributed by atoms with Crippen molar-refractivity contribution in [2.45, 2.75) is 51.5 Å². The molecule has 2 aromatic heterocycles. The van der Waals surface area contributed by atoms with E-state index < -0.39 is 6.09 Å². The SMILES string of the molecule is COc1ccc(Cl)c(CN2Cc3nc(OC[C@@H]4CCCN4C)nc(N4CCN(C(=O)O)C[C@@H]4C)c3C2)n1. The van der Waals surface area contributed by atoms with Crippen LogP contribution in [0.15, 0.2) is 12.1 Å². The highest BCUT2D eigenvalue weighted by Crippen LogP contribution is 2.34. The summed E-state index contributed by atoms with van der Waals surface area (Å²) in [6.45, 7) is 6.85. The molecule has 0 unspecified atom stereocenters. The highest BCUT2D eigenvalue weighted by molar-refractivity contribution is 6.31. The zero-order valence-electron chi connectivity index (χ0n) is 21.6. The molecule has 200 valence electrons. The summed E-state index contributed by atoms with van der Waals surface area (Å²) in [6.07, 6.45) is 1.38. The first-order valence-corrected chi connectivity index (χ1v) is 13.1. The Morgan fingerprint density at radius 3 is 2.73 bits per heavy atom. The molecular weight excluding hydrogens is 498 g/mol. The average molecular weight is 532 g/mol. The van der Waals surface area contributed by atoms with Gasteiger partial charge in [0.05, 0.1) is 23.5 Å². The number of ether oxygens (including phenoxy) is 2. The Hall–Kier alpha value is -2.89. The number of carboxylic acid groups (broad SMARTS) is 1. The Balaban J connectivity index is 1.40. The lowest BCUT2D eigenvalue weighted by Crippen LogP contribution is -2.54. The third kappa shape index (κ3) is 5.53. The van der Waals surface area contributed by atoms with Crippen molar-refractivity contribution in [3.8, 4) is 11.9 Å². The van der Waals surface area contributed by atoms with Crippen LogP contribution in [-0.4, -0.2) is 99.9 Å². The molecule has 3 aliphatic heterocycles. The maximum absolute atomic E-state index is 11.5. The number of halogens is 1. The van der Waals surface area contributed by atoms with Gasteiger partial charge in [0, 0.05) is 63.0 Å². The zero-order chi connectivity index (χ0) is 26.1. The topological polar surface area (TPSA) is 107 Å². The van der Waals surface area contributed by atoms with Gasteiger partial charge in [0.25, 0.3) is 0 Å². The molecule has 0 aromatic carbocycles. The zero-order valence-corrected chi connectivity index (χ0v) is 22.3. The summed E-state index contributed by atoms with van der Waals surface area (Å²) < 4.78 is 11.4. The van der Waals surface area contributed by atoms with Crippen LogP contribution in [0.2, 0.25) is 5.02 Å². The van der Waals surface area contributed by atoms with Crippen molar-refractivity contribution in [2.75, 3.05) is 51.8 Å². The standard InChI is InChI=1S/C25H34ClN7O4/c1-16-11-32(25(34)35)9-10-33(16)23-18-12-31(14-21-19(26)6-7-22(27-21)36-3)13-20(18)28-24(29-23)37-15-17-5-4-8-30(17)2/h6-7,16-17H,4-5,8-15H2,1-3H3,(H,34,35)/t16-,17-/m0/s1. The molecule has 37 heavy (non-hydrogen) atoms. The number of likely N-dealkylation sites (N-methyl/N-ethyl adjacent to an activating group) is 1. The van der Waals surface area contributed by atoms with Gasteiger partial charge in [-0.1, -0.05) is 11.6 Å². The summed E-state index contributed by atoms with van der Waals surface area (Å²) in [4.78, 5) is 33.9. The fraction of sp³-hybridized carbons (Fsp3) is 0.600. The van der Waals surface area contributed by atoms with E-state index in [2.05, 4.69) is 26.7 Å².